The van der Waals surface area contributed by atoms with Crippen molar-refractivity contribution >= 4 is 5.97 Å². The van der Waals surface area contributed by atoms with E-state index in [2.05, 4.69) is 31.2 Å². The van der Waals surface area contributed by atoms with Crippen molar-refractivity contribution in [2.75, 3.05) is 6.61 Å². The highest BCUT2D eigenvalue weighted by Gasteiger charge is 2.10. The molecule has 0 saturated carbocycles. The van der Waals surface area contributed by atoms with Crippen LogP contribution in [0.25, 0.3) is 11.1 Å². The van der Waals surface area contributed by atoms with Gasteiger partial charge in [-0.1, -0.05) is 61.9 Å². The van der Waals surface area contributed by atoms with Crippen LogP contribution in [-0.2, 0) is 11.2 Å². The van der Waals surface area contributed by atoms with E-state index in [0.717, 1.165) is 29.5 Å². The van der Waals surface area contributed by atoms with Crippen LogP contribution in [0.15, 0.2) is 72.8 Å². The van der Waals surface area contributed by atoms with Gasteiger partial charge in [0.25, 0.3) is 0 Å². The maximum absolute atomic E-state index is 12.5. The molecule has 3 heteroatoms. The van der Waals surface area contributed by atoms with Crippen LogP contribution < -0.4 is 4.74 Å². The average Bonchev–Trinajstić information content (AvgIpc) is 2.75. The van der Waals surface area contributed by atoms with Gasteiger partial charge in [-0.3, -0.25) is 0 Å². The summed E-state index contributed by atoms with van der Waals surface area (Å²) in [7, 11) is 0. The summed E-state index contributed by atoms with van der Waals surface area (Å²) in [6.45, 7) is 6.82. The van der Waals surface area contributed by atoms with Gasteiger partial charge in [0.05, 0.1) is 11.7 Å². The minimum absolute atomic E-state index is 0.0216. The molecule has 0 N–H and O–H groups in total. The molecular weight excluding hydrogens is 360 g/mol. The van der Waals surface area contributed by atoms with Crippen LogP contribution >= 0.6 is 0 Å². The number of hydrogen-bond acceptors (Lipinski definition) is 3. The molecule has 0 aliphatic carbocycles. The molecule has 0 amide bonds. The van der Waals surface area contributed by atoms with Gasteiger partial charge in [-0.05, 0) is 66.8 Å². The molecule has 0 bridgehead atoms. The number of esters is 1. The van der Waals surface area contributed by atoms with Crippen molar-refractivity contribution in [1.29, 1.82) is 0 Å². The van der Waals surface area contributed by atoms with Gasteiger partial charge in [0.2, 0.25) is 0 Å². The van der Waals surface area contributed by atoms with Gasteiger partial charge in [-0.2, -0.15) is 0 Å². The van der Waals surface area contributed by atoms with E-state index in [9.17, 15) is 4.79 Å². The Kier molecular flexibility index (Phi) is 7.20. The molecule has 0 radical (unpaired) electrons. The van der Waals surface area contributed by atoms with Crippen LogP contribution in [0.1, 0.15) is 54.8 Å². The third-order valence-electron chi connectivity index (χ3n) is 4.92. The van der Waals surface area contributed by atoms with Crippen molar-refractivity contribution in [2.45, 2.75) is 39.7 Å². The van der Waals surface area contributed by atoms with Gasteiger partial charge < -0.3 is 9.47 Å². The van der Waals surface area contributed by atoms with Crippen LogP contribution in [0.5, 0.6) is 5.75 Å². The predicted octanol–water partition coefficient (Wildman–Crippen LogP) is 6.62. The number of rotatable bonds is 8. The molecule has 0 aromatic heterocycles. The molecule has 3 rings (SSSR count). The van der Waals surface area contributed by atoms with Gasteiger partial charge in [0, 0.05) is 6.61 Å². The van der Waals surface area contributed by atoms with Crippen LogP contribution in [0, 0.1) is 0 Å². The first kappa shape index (κ1) is 20.8. The van der Waals surface area contributed by atoms with Gasteiger partial charge in [0.1, 0.15) is 5.75 Å². The van der Waals surface area contributed by atoms with E-state index in [1.165, 1.54) is 5.56 Å². The predicted molar refractivity (Wildman–Crippen MR) is 117 cm³/mol. The summed E-state index contributed by atoms with van der Waals surface area (Å²) in [6, 6.07) is 23.6. The van der Waals surface area contributed by atoms with Gasteiger partial charge >= 0.3 is 5.97 Å². The monoisotopic (exact) mass is 388 g/mol. The first-order valence-corrected chi connectivity index (χ1v) is 10.2. The molecule has 0 fully saturated rings. The fourth-order valence-electron chi connectivity index (χ4n) is 3.27. The molecule has 1 unspecified atom stereocenters. The first-order chi connectivity index (χ1) is 14.1. The Bertz CT molecular complexity index is 910. The largest absolute Gasteiger partial charge is 0.423 e. The van der Waals surface area contributed by atoms with Crippen LogP contribution in [0.4, 0.5) is 0 Å². The smallest absolute Gasteiger partial charge is 0.343 e. The van der Waals surface area contributed by atoms with Crippen molar-refractivity contribution in [2.24, 2.45) is 0 Å². The van der Waals surface area contributed by atoms with E-state index in [1.54, 1.807) is 12.1 Å². The Morgan fingerprint density at radius 1 is 0.828 bits per heavy atom. The van der Waals surface area contributed by atoms with Gasteiger partial charge in [-0.15, -0.1) is 0 Å². The molecular formula is C26H28O3. The molecule has 0 heterocycles. The minimum Gasteiger partial charge on any atom is -0.423 e. The fraction of sp³-hybridized carbons (Fsp3) is 0.269. The van der Waals surface area contributed by atoms with E-state index in [0.29, 0.717) is 17.9 Å². The SMILES string of the molecule is CCCc1ccc(-c2ccc(C(=O)Oc3ccc(C(C)OCC)cc3)cc2)cc1. The molecule has 3 aromatic rings. The zero-order valence-corrected chi connectivity index (χ0v) is 17.4. The van der Waals surface area contributed by atoms with Crippen LogP contribution in [0.2, 0.25) is 0 Å². The third kappa shape index (κ3) is 5.55. The molecule has 0 aliphatic heterocycles. The Morgan fingerprint density at radius 2 is 1.41 bits per heavy atom. The molecule has 1 atom stereocenters. The highest BCUT2D eigenvalue weighted by molar-refractivity contribution is 5.91. The maximum Gasteiger partial charge on any atom is 0.343 e. The first-order valence-electron chi connectivity index (χ1n) is 10.2. The summed E-state index contributed by atoms with van der Waals surface area (Å²) < 4.78 is 11.1. The van der Waals surface area contributed by atoms with E-state index in [4.69, 9.17) is 9.47 Å². The molecule has 150 valence electrons. The summed E-state index contributed by atoms with van der Waals surface area (Å²) >= 11 is 0. The highest BCUT2D eigenvalue weighted by atomic mass is 16.5. The number of ether oxygens (including phenoxy) is 2. The summed E-state index contributed by atoms with van der Waals surface area (Å²) in [5.74, 6) is 0.165. The second-order valence-corrected chi connectivity index (χ2v) is 7.08. The second-order valence-electron chi connectivity index (χ2n) is 7.08. The van der Waals surface area contributed by atoms with E-state index < -0.39 is 0 Å². The van der Waals surface area contributed by atoms with Gasteiger partial charge in [-0.25, -0.2) is 4.79 Å². The van der Waals surface area contributed by atoms with Crippen LogP contribution in [-0.4, -0.2) is 12.6 Å². The number of carbonyl (C=O) groups is 1. The molecule has 3 aromatic carbocycles. The lowest BCUT2D eigenvalue weighted by molar-refractivity contribution is 0.0733. The van der Waals surface area contributed by atoms with Crippen molar-refractivity contribution in [1.82, 2.24) is 0 Å². The quantitative estimate of drug-likeness (QED) is 0.321. The Labute approximate surface area is 173 Å². The summed E-state index contributed by atoms with van der Waals surface area (Å²) in [4.78, 5) is 12.5. The number of carbonyl (C=O) groups excluding carboxylic acids is 1. The van der Waals surface area contributed by atoms with E-state index in [-0.39, 0.29) is 12.1 Å². The highest BCUT2D eigenvalue weighted by Crippen LogP contribution is 2.23. The fourth-order valence-corrected chi connectivity index (χ4v) is 3.27. The summed E-state index contributed by atoms with van der Waals surface area (Å²) in [5.41, 5.74) is 5.16. The molecule has 0 spiro atoms. The lowest BCUT2D eigenvalue weighted by Crippen LogP contribution is -2.08. The van der Waals surface area contributed by atoms with Crippen molar-refractivity contribution in [3.8, 4) is 16.9 Å². The molecule has 0 aliphatic rings. The molecule has 3 nitrogen and oxygen atoms in total. The second kappa shape index (κ2) is 10.0. The number of benzene rings is 3. The lowest BCUT2D eigenvalue weighted by atomic mass is 10.0. The Hall–Kier alpha value is -2.91. The zero-order chi connectivity index (χ0) is 20.6. The minimum atomic E-state index is -0.361. The van der Waals surface area contributed by atoms with Crippen molar-refractivity contribution < 1.29 is 14.3 Å². The zero-order valence-electron chi connectivity index (χ0n) is 17.4. The van der Waals surface area contributed by atoms with E-state index in [1.807, 2.05) is 50.2 Å². The maximum atomic E-state index is 12.5. The summed E-state index contributed by atoms with van der Waals surface area (Å²) in [6.07, 6.45) is 2.26. The Morgan fingerprint density at radius 3 is 1.97 bits per heavy atom. The molecule has 29 heavy (non-hydrogen) atoms. The average molecular weight is 389 g/mol. The Balaban J connectivity index is 1.64. The van der Waals surface area contributed by atoms with E-state index >= 15 is 0 Å². The molecule has 0 saturated heterocycles. The topological polar surface area (TPSA) is 35.5 Å². The van der Waals surface area contributed by atoms with Gasteiger partial charge in [0.15, 0.2) is 0 Å². The van der Waals surface area contributed by atoms with Crippen molar-refractivity contribution in [3.05, 3.63) is 89.5 Å². The lowest BCUT2D eigenvalue weighted by Gasteiger charge is -2.12. The van der Waals surface area contributed by atoms with Crippen LogP contribution in [0.3, 0.4) is 0 Å². The number of hydrogen-bond donors (Lipinski definition) is 0. The van der Waals surface area contributed by atoms with Crippen molar-refractivity contribution in [3.63, 3.8) is 0 Å². The number of aryl methyl sites for hydroxylation is 1. The standard InChI is InChI=1S/C26H28O3/c1-4-6-20-7-9-22(10-8-20)23-11-13-24(14-12-23)26(27)29-25-17-15-21(16-18-25)19(3)28-5-2/h7-19H,4-6H2,1-3H3. The normalized spacial score (nSPS) is 11.8. The summed E-state index contributed by atoms with van der Waals surface area (Å²) in [5, 5.41) is 0. The third-order valence-corrected chi connectivity index (χ3v) is 4.92.